The highest BCUT2D eigenvalue weighted by Crippen LogP contribution is 2.29. The largest absolute Gasteiger partial charge is 0.461 e. The van der Waals surface area contributed by atoms with E-state index in [0.717, 1.165) is 10.6 Å². The van der Waals surface area contributed by atoms with E-state index in [9.17, 15) is 9.59 Å². The molecule has 0 spiro atoms. The van der Waals surface area contributed by atoms with E-state index in [0.29, 0.717) is 10.6 Å². The van der Waals surface area contributed by atoms with Crippen LogP contribution in [0.3, 0.4) is 0 Å². The number of amides is 2. The summed E-state index contributed by atoms with van der Waals surface area (Å²) >= 11 is 1.27. The second-order valence-electron chi connectivity index (χ2n) is 4.41. The van der Waals surface area contributed by atoms with Gasteiger partial charge in [-0.15, -0.1) is 23.7 Å². The summed E-state index contributed by atoms with van der Waals surface area (Å²) in [5.74, 6) is 2.78. The maximum absolute atomic E-state index is 12.1. The number of hydrogen-bond donors (Lipinski definition) is 2. The van der Waals surface area contributed by atoms with Crippen molar-refractivity contribution >= 4 is 23.2 Å². The zero-order valence-electron chi connectivity index (χ0n) is 11.4. The molecule has 2 aromatic heterocycles. The van der Waals surface area contributed by atoms with Gasteiger partial charge in [-0.3, -0.25) is 9.59 Å². The highest BCUT2D eigenvalue weighted by Gasteiger charge is 2.19. The van der Waals surface area contributed by atoms with Crippen LogP contribution in [0, 0.1) is 19.3 Å². The summed E-state index contributed by atoms with van der Waals surface area (Å²) in [6.45, 7) is 1.85. The first-order chi connectivity index (χ1) is 10.0. The summed E-state index contributed by atoms with van der Waals surface area (Å²) in [5.41, 5.74) is 5.19. The fourth-order valence-electron chi connectivity index (χ4n) is 1.73. The molecular weight excluding hydrogens is 288 g/mol. The van der Waals surface area contributed by atoms with Gasteiger partial charge in [-0.05, 0) is 31.2 Å². The molecule has 2 amide bonds. The number of nitrogens with two attached hydrogens (primary N) is 1. The van der Waals surface area contributed by atoms with Crippen LogP contribution in [-0.2, 0) is 4.79 Å². The molecule has 0 aliphatic rings. The predicted octanol–water partition coefficient (Wildman–Crippen LogP) is 1.92. The lowest BCUT2D eigenvalue weighted by Gasteiger charge is -2.11. The van der Waals surface area contributed by atoms with Gasteiger partial charge in [0.05, 0.1) is 9.75 Å². The zero-order valence-corrected chi connectivity index (χ0v) is 12.2. The fourth-order valence-corrected chi connectivity index (χ4v) is 2.60. The summed E-state index contributed by atoms with van der Waals surface area (Å²) in [7, 11) is 0. The molecule has 21 heavy (non-hydrogen) atoms. The van der Waals surface area contributed by atoms with Crippen molar-refractivity contribution in [3.8, 4) is 23.0 Å². The summed E-state index contributed by atoms with van der Waals surface area (Å²) in [4.78, 5) is 24.6. The topological polar surface area (TPSA) is 85.3 Å². The second kappa shape index (κ2) is 6.29. The monoisotopic (exact) mass is 302 g/mol. The number of carbonyl (C=O) groups is 2. The number of primary amides is 1. The van der Waals surface area contributed by atoms with E-state index in [1.807, 2.05) is 19.1 Å². The Bertz CT molecular complexity index is 709. The number of terminal acetylenes is 1. The molecule has 6 heteroatoms. The van der Waals surface area contributed by atoms with Crippen LogP contribution in [0.1, 0.15) is 21.9 Å². The average Bonchev–Trinajstić information content (AvgIpc) is 3.06. The van der Waals surface area contributed by atoms with E-state index in [-0.39, 0.29) is 12.3 Å². The normalized spacial score (nSPS) is 11.6. The smallest absolute Gasteiger partial charge is 0.262 e. The Balaban J connectivity index is 2.12. The molecule has 0 aromatic carbocycles. The predicted molar refractivity (Wildman–Crippen MR) is 80.7 cm³/mol. The Labute approximate surface area is 126 Å². The quantitative estimate of drug-likeness (QED) is 0.827. The number of thiophene rings is 1. The summed E-state index contributed by atoms with van der Waals surface area (Å²) in [6.07, 6.45) is 5.21. The van der Waals surface area contributed by atoms with Crippen molar-refractivity contribution in [2.75, 3.05) is 0 Å². The molecule has 2 aromatic rings. The molecule has 0 saturated heterocycles. The van der Waals surface area contributed by atoms with E-state index in [4.69, 9.17) is 16.6 Å². The Morgan fingerprint density at radius 2 is 2.19 bits per heavy atom. The highest BCUT2D eigenvalue weighted by molar-refractivity contribution is 7.17. The van der Waals surface area contributed by atoms with Gasteiger partial charge in [-0.1, -0.05) is 0 Å². The Hall–Kier alpha value is -2.52. The number of furan rings is 1. The van der Waals surface area contributed by atoms with Gasteiger partial charge in [-0.2, -0.15) is 0 Å². The van der Waals surface area contributed by atoms with Crippen LogP contribution in [0.4, 0.5) is 0 Å². The van der Waals surface area contributed by atoms with Crippen molar-refractivity contribution in [3.05, 3.63) is 34.9 Å². The molecule has 3 N–H and O–H groups in total. The van der Waals surface area contributed by atoms with Crippen LogP contribution in [0.2, 0.25) is 0 Å². The van der Waals surface area contributed by atoms with Crippen molar-refractivity contribution in [1.29, 1.82) is 0 Å². The summed E-state index contributed by atoms with van der Waals surface area (Å²) < 4.78 is 5.50. The van der Waals surface area contributed by atoms with Gasteiger partial charge >= 0.3 is 0 Å². The van der Waals surface area contributed by atoms with Gasteiger partial charge in [0.25, 0.3) is 5.91 Å². The SMILES string of the molecule is C#CC[C@H](NC(=O)c1ccc(-c2ccc(C)o2)s1)C(N)=O. The Morgan fingerprint density at radius 1 is 1.43 bits per heavy atom. The third-order valence-corrected chi connectivity index (χ3v) is 3.88. The van der Waals surface area contributed by atoms with Crippen molar-refractivity contribution in [2.24, 2.45) is 5.73 Å². The molecular formula is C15H14N2O3S. The van der Waals surface area contributed by atoms with E-state index in [2.05, 4.69) is 11.2 Å². The van der Waals surface area contributed by atoms with E-state index < -0.39 is 11.9 Å². The average molecular weight is 302 g/mol. The number of aryl methyl sites for hydroxylation is 1. The first-order valence-electron chi connectivity index (χ1n) is 6.21. The first kappa shape index (κ1) is 14.9. The minimum Gasteiger partial charge on any atom is -0.461 e. The molecule has 0 bridgehead atoms. The van der Waals surface area contributed by atoms with Gasteiger partial charge in [0.1, 0.15) is 17.6 Å². The highest BCUT2D eigenvalue weighted by atomic mass is 32.1. The van der Waals surface area contributed by atoms with Crippen LogP contribution >= 0.6 is 11.3 Å². The number of nitrogens with one attached hydrogen (secondary N) is 1. The third kappa shape index (κ3) is 3.52. The molecule has 0 saturated carbocycles. The molecule has 0 fully saturated rings. The van der Waals surface area contributed by atoms with Crippen LogP contribution in [-0.4, -0.2) is 17.9 Å². The van der Waals surface area contributed by atoms with Crippen molar-refractivity contribution in [3.63, 3.8) is 0 Å². The van der Waals surface area contributed by atoms with Crippen molar-refractivity contribution in [2.45, 2.75) is 19.4 Å². The molecule has 108 valence electrons. The summed E-state index contributed by atoms with van der Waals surface area (Å²) in [5, 5.41) is 2.53. The molecule has 2 rings (SSSR count). The van der Waals surface area contributed by atoms with Crippen LogP contribution in [0.5, 0.6) is 0 Å². The van der Waals surface area contributed by atoms with Crippen molar-refractivity contribution in [1.82, 2.24) is 5.32 Å². The molecule has 1 atom stereocenters. The Morgan fingerprint density at radius 3 is 2.76 bits per heavy atom. The van der Waals surface area contributed by atoms with E-state index in [1.165, 1.54) is 11.3 Å². The number of hydrogen-bond acceptors (Lipinski definition) is 4. The van der Waals surface area contributed by atoms with Gasteiger partial charge in [0, 0.05) is 6.42 Å². The molecule has 0 radical (unpaired) electrons. The molecule has 0 aliphatic heterocycles. The fraction of sp³-hybridized carbons (Fsp3) is 0.200. The lowest BCUT2D eigenvalue weighted by Crippen LogP contribution is -2.43. The minimum absolute atomic E-state index is 0.0662. The Kier molecular flexibility index (Phi) is 4.45. The third-order valence-electron chi connectivity index (χ3n) is 2.78. The van der Waals surface area contributed by atoms with Gasteiger partial charge in [0.2, 0.25) is 5.91 Å². The van der Waals surface area contributed by atoms with Gasteiger partial charge < -0.3 is 15.5 Å². The second-order valence-corrected chi connectivity index (χ2v) is 5.49. The van der Waals surface area contributed by atoms with Crippen molar-refractivity contribution < 1.29 is 14.0 Å². The molecule has 5 nitrogen and oxygen atoms in total. The lowest BCUT2D eigenvalue weighted by molar-refractivity contribution is -0.119. The van der Waals surface area contributed by atoms with Crippen LogP contribution < -0.4 is 11.1 Å². The van der Waals surface area contributed by atoms with Gasteiger partial charge in [-0.25, -0.2) is 0 Å². The maximum Gasteiger partial charge on any atom is 0.262 e. The number of rotatable bonds is 5. The van der Waals surface area contributed by atoms with E-state index in [1.54, 1.807) is 12.1 Å². The van der Waals surface area contributed by atoms with Crippen LogP contribution in [0.25, 0.3) is 10.6 Å². The molecule has 0 unspecified atom stereocenters. The number of carbonyl (C=O) groups excluding carboxylic acids is 2. The lowest BCUT2D eigenvalue weighted by atomic mass is 10.2. The van der Waals surface area contributed by atoms with Crippen LogP contribution in [0.15, 0.2) is 28.7 Å². The maximum atomic E-state index is 12.1. The zero-order chi connectivity index (χ0) is 15.4. The minimum atomic E-state index is -0.862. The molecule has 2 heterocycles. The van der Waals surface area contributed by atoms with E-state index >= 15 is 0 Å². The first-order valence-corrected chi connectivity index (χ1v) is 7.03. The molecule has 0 aliphatic carbocycles. The summed E-state index contributed by atoms with van der Waals surface area (Å²) in [6, 6.07) is 6.29. The van der Waals surface area contributed by atoms with Gasteiger partial charge in [0.15, 0.2) is 0 Å². The standard InChI is InChI=1S/C15H14N2O3S/c1-3-4-10(14(16)18)17-15(19)13-8-7-12(21-13)11-6-5-9(2)20-11/h1,5-8,10H,4H2,2H3,(H2,16,18)(H,17,19)/t10-/m0/s1.